The Balaban J connectivity index is 0.00000208. The van der Waals surface area contributed by atoms with Crippen LogP contribution in [0.5, 0.6) is 11.5 Å². The number of para-hydroxylation sites is 1. The normalized spacial score (nSPS) is 20.0. The molecule has 134 valence electrons. The topological polar surface area (TPSA) is 54.9 Å². The summed E-state index contributed by atoms with van der Waals surface area (Å²) in [5, 5.41) is 7.50. The van der Waals surface area contributed by atoms with E-state index in [9.17, 15) is 0 Å². The van der Waals surface area contributed by atoms with Crippen LogP contribution in [-0.2, 0) is 6.54 Å². The van der Waals surface area contributed by atoms with E-state index in [1.165, 1.54) is 18.6 Å². The molecule has 5 nitrogen and oxygen atoms in total. The Morgan fingerprint density at radius 3 is 2.92 bits per heavy atom. The zero-order chi connectivity index (χ0) is 15.9. The number of hydrogen-bond acceptors (Lipinski definition) is 4. The van der Waals surface area contributed by atoms with E-state index in [0.29, 0.717) is 25.0 Å². The molecule has 1 atom stereocenters. The fourth-order valence-electron chi connectivity index (χ4n) is 2.81. The molecule has 1 aromatic carbocycles. The summed E-state index contributed by atoms with van der Waals surface area (Å²) in [6.07, 6.45) is 3.55. The van der Waals surface area contributed by atoms with Gasteiger partial charge in [0.15, 0.2) is 17.5 Å². The number of rotatable bonds is 4. The largest absolute Gasteiger partial charge is 0.490 e. The summed E-state index contributed by atoms with van der Waals surface area (Å²) in [5.41, 5.74) is 1.10. The van der Waals surface area contributed by atoms with Crippen molar-refractivity contribution in [1.82, 2.24) is 10.6 Å². The number of aliphatic imine (C=N–C) groups is 1. The number of thioether (sulfide) groups is 1. The number of guanidine groups is 1. The third-order valence-electron chi connectivity index (χ3n) is 4.04. The van der Waals surface area contributed by atoms with Gasteiger partial charge >= 0.3 is 0 Å². The molecule has 0 saturated carbocycles. The smallest absolute Gasteiger partial charge is 0.191 e. The molecular formula is C17H26IN3O2S. The van der Waals surface area contributed by atoms with E-state index in [1.54, 1.807) is 0 Å². The van der Waals surface area contributed by atoms with Crippen LogP contribution in [-0.4, -0.2) is 43.8 Å². The van der Waals surface area contributed by atoms with E-state index in [-0.39, 0.29) is 24.0 Å². The van der Waals surface area contributed by atoms with Crippen LogP contribution in [0.15, 0.2) is 23.2 Å². The number of hydrogen-bond donors (Lipinski definition) is 2. The van der Waals surface area contributed by atoms with Crippen LogP contribution in [0.4, 0.5) is 0 Å². The third kappa shape index (κ3) is 5.34. The Morgan fingerprint density at radius 1 is 1.25 bits per heavy atom. The Bertz CT molecular complexity index is 551. The minimum atomic E-state index is 0. The second-order valence-corrected chi connectivity index (χ2v) is 7.14. The molecule has 0 aliphatic carbocycles. The molecule has 1 saturated heterocycles. The van der Waals surface area contributed by atoms with E-state index in [4.69, 9.17) is 9.47 Å². The second kappa shape index (κ2) is 10.2. The van der Waals surface area contributed by atoms with Crippen molar-refractivity contribution < 1.29 is 9.47 Å². The monoisotopic (exact) mass is 463 g/mol. The molecular weight excluding hydrogens is 437 g/mol. The van der Waals surface area contributed by atoms with Crippen LogP contribution in [0.3, 0.4) is 0 Å². The lowest BCUT2D eigenvalue weighted by Gasteiger charge is -2.16. The quantitative estimate of drug-likeness (QED) is 0.409. The highest BCUT2D eigenvalue weighted by Crippen LogP contribution is 2.33. The Hall–Kier alpha value is -0.830. The first kappa shape index (κ1) is 19.5. The van der Waals surface area contributed by atoms with Crippen LogP contribution in [0.25, 0.3) is 0 Å². The van der Waals surface area contributed by atoms with Crippen LogP contribution < -0.4 is 20.1 Å². The van der Waals surface area contributed by atoms with E-state index in [0.717, 1.165) is 36.0 Å². The van der Waals surface area contributed by atoms with E-state index in [2.05, 4.69) is 21.7 Å². The highest BCUT2D eigenvalue weighted by Gasteiger charge is 2.17. The first-order valence-corrected chi connectivity index (χ1v) is 9.35. The molecule has 0 spiro atoms. The van der Waals surface area contributed by atoms with Crippen molar-refractivity contribution in [2.24, 2.45) is 4.99 Å². The van der Waals surface area contributed by atoms with E-state index in [1.807, 2.05) is 30.9 Å². The number of fused-ring (bicyclic) bond motifs is 1. The van der Waals surface area contributed by atoms with Crippen LogP contribution in [0.2, 0.25) is 0 Å². The number of nitrogens with one attached hydrogen (secondary N) is 2. The lowest BCUT2D eigenvalue weighted by Crippen LogP contribution is -2.39. The van der Waals surface area contributed by atoms with Crippen molar-refractivity contribution >= 4 is 41.7 Å². The van der Waals surface area contributed by atoms with Gasteiger partial charge in [-0.05, 0) is 24.7 Å². The molecule has 2 aliphatic rings. The average molecular weight is 463 g/mol. The van der Waals surface area contributed by atoms with Gasteiger partial charge < -0.3 is 20.1 Å². The van der Waals surface area contributed by atoms with Gasteiger partial charge in [-0.2, -0.15) is 11.8 Å². The minimum Gasteiger partial charge on any atom is -0.490 e. The Morgan fingerprint density at radius 2 is 2.12 bits per heavy atom. The summed E-state index contributed by atoms with van der Waals surface area (Å²) in [6.45, 7) is 3.06. The highest BCUT2D eigenvalue weighted by molar-refractivity contribution is 14.0. The maximum atomic E-state index is 5.86. The van der Waals surface area contributed by atoms with Gasteiger partial charge in [-0.15, -0.1) is 24.0 Å². The van der Waals surface area contributed by atoms with Gasteiger partial charge in [0.2, 0.25) is 0 Å². The summed E-state index contributed by atoms with van der Waals surface area (Å²) in [4.78, 5) is 4.31. The van der Waals surface area contributed by atoms with Gasteiger partial charge in [0, 0.05) is 37.4 Å². The Labute approximate surface area is 165 Å². The summed E-state index contributed by atoms with van der Waals surface area (Å²) in [7, 11) is 1.81. The number of benzene rings is 1. The number of nitrogens with zero attached hydrogens (tertiary/aromatic N) is 1. The van der Waals surface area contributed by atoms with E-state index >= 15 is 0 Å². The molecule has 1 aromatic rings. The SMILES string of the molecule is CN=C(NCc1cccc2c1OCCCO2)NCC1CCCS1.I. The molecule has 0 radical (unpaired) electrons. The van der Waals surface area contributed by atoms with Gasteiger partial charge in [0.1, 0.15) is 0 Å². The lowest BCUT2D eigenvalue weighted by atomic mass is 10.2. The van der Waals surface area contributed by atoms with Crippen molar-refractivity contribution in [3.05, 3.63) is 23.8 Å². The molecule has 0 amide bonds. The van der Waals surface area contributed by atoms with Gasteiger partial charge in [-0.25, -0.2) is 0 Å². The summed E-state index contributed by atoms with van der Waals surface area (Å²) in [6, 6.07) is 6.05. The fraction of sp³-hybridized carbons (Fsp3) is 0.588. The zero-order valence-corrected chi connectivity index (χ0v) is 17.2. The first-order valence-electron chi connectivity index (χ1n) is 8.30. The molecule has 1 unspecified atom stereocenters. The zero-order valence-electron chi connectivity index (χ0n) is 14.0. The number of ether oxygens (including phenoxy) is 2. The molecule has 2 N–H and O–H groups in total. The van der Waals surface area contributed by atoms with Crippen molar-refractivity contribution in [3.63, 3.8) is 0 Å². The van der Waals surface area contributed by atoms with Crippen molar-refractivity contribution in [2.75, 3.05) is 32.6 Å². The summed E-state index contributed by atoms with van der Waals surface area (Å²) < 4.78 is 11.6. The van der Waals surface area contributed by atoms with Gasteiger partial charge in [0.05, 0.1) is 13.2 Å². The van der Waals surface area contributed by atoms with Gasteiger partial charge in [-0.1, -0.05) is 12.1 Å². The van der Waals surface area contributed by atoms with Crippen molar-refractivity contribution in [2.45, 2.75) is 31.1 Å². The molecule has 0 aromatic heterocycles. The molecule has 1 fully saturated rings. The van der Waals surface area contributed by atoms with Crippen LogP contribution in [0.1, 0.15) is 24.8 Å². The Kier molecular flexibility index (Phi) is 8.31. The standard InChI is InChI=1S/C17H25N3O2S.HI/c1-18-17(20-12-14-6-3-10-23-14)19-11-13-5-2-7-15-16(13)22-9-4-8-21-15;/h2,5,7,14H,3-4,6,8-12H2,1H3,(H2,18,19,20);1H. The third-order valence-corrected chi connectivity index (χ3v) is 5.44. The minimum absolute atomic E-state index is 0. The number of halogens is 1. The van der Waals surface area contributed by atoms with Gasteiger partial charge in [0.25, 0.3) is 0 Å². The molecule has 2 aliphatic heterocycles. The van der Waals surface area contributed by atoms with Crippen molar-refractivity contribution in [1.29, 1.82) is 0 Å². The molecule has 24 heavy (non-hydrogen) atoms. The lowest BCUT2D eigenvalue weighted by molar-refractivity contribution is 0.296. The fourth-order valence-corrected chi connectivity index (χ4v) is 4.01. The van der Waals surface area contributed by atoms with Crippen LogP contribution >= 0.6 is 35.7 Å². The van der Waals surface area contributed by atoms with Crippen LogP contribution in [0, 0.1) is 0 Å². The summed E-state index contributed by atoms with van der Waals surface area (Å²) in [5.74, 6) is 3.82. The average Bonchev–Trinajstić information content (AvgIpc) is 2.98. The predicted molar refractivity (Wildman–Crippen MR) is 111 cm³/mol. The maximum absolute atomic E-state index is 5.86. The predicted octanol–water partition coefficient (Wildman–Crippen LogP) is 3.03. The highest BCUT2D eigenvalue weighted by atomic mass is 127. The molecule has 3 rings (SSSR count). The molecule has 7 heteroatoms. The maximum Gasteiger partial charge on any atom is 0.191 e. The first-order chi connectivity index (χ1) is 11.4. The molecule has 2 heterocycles. The van der Waals surface area contributed by atoms with Crippen molar-refractivity contribution in [3.8, 4) is 11.5 Å². The van der Waals surface area contributed by atoms with E-state index < -0.39 is 0 Å². The second-order valence-electron chi connectivity index (χ2n) is 5.74. The van der Waals surface area contributed by atoms with Gasteiger partial charge in [-0.3, -0.25) is 4.99 Å². The summed E-state index contributed by atoms with van der Waals surface area (Å²) >= 11 is 2.05. The molecule has 0 bridgehead atoms.